The third-order valence-electron chi connectivity index (χ3n) is 3.89. The second-order valence-electron chi connectivity index (χ2n) is 4.76. The minimum atomic E-state index is -0.404. The summed E-state index contributed by atoms with van der Waals surface area (Å²) in [4.78, 5) is 4.07. The maximum absolute atomic E-state index is 10.4. The highest BCUT2D eigenvalue weighted by Gasteiger charge is 2.49. The molecule has 1 aromatic rings. The number of aliphatic hydroxyl groups is 1. The van der Waals surface area contributed by atoms with Crippen molar-refractivity contribution >= 4 is 0 Å². The average molecular weight is 204 g/mol. The fourth-order valence-corrected chi connectivity index (χ4v) is 3.04. The predicted octanol–water partition coefficient (Wildman–Crippen LogP) is 1.40. The van der Waals surface area contributed by atoms with E-state index in [1.165, 1.54) is 12.8 Å². The van der Waals surface area contributed by atoms with E-state index in [4.69, 9.17) is 0 Å². The second-order valence-corrected chi connectivity index (χ2v) is 4.76. The van der Waals surface area contributed by atoms with Crippen molar-refractivity contribution in [3.8, 4) is 0 Å². The molecule has 0 radical (unpaired) electrons. The van der Waals surface area contributed by atoms with E-state index < -0.39 is 6.10 Å². The second kappa shape index (κ2) is 3.29. The summed E-state index contributed by atoms with van der Waals surface area (Å²) in [6.45, 7) is 0. The van der Waals surface area contributed by atoms with Crippen molar-refractivity contribution in [2.45, 2.75) is 43.4 Å². The van der Waals surface area contributed by atoms with Crippen molar-refractivity contribution in [3.63, 3.8) is 0 Å². The van der Waals surface area contributed by atoms with Gasteiger partial charge in [-0.05, 0) is 31.7 Å². The maximum atomic E-state index is 10.4. The molecule has 2 aliphatic rings. The van der Waals surface area contributed by atoms with Gasteiger partial charge in [-0.1, -0.05) is 6.07 Å². The summed E-state index contributed by atoms with van der Waals surface area (Å²) >= 11 is 0. The SMILES string of the molecule is O[C@H](c1cccnc1)C12CCC(CC1)N2. The monoisotopic (exact) mass is 204 g/mol. The summed E-state index contributed by atoms with van der Waals surface area (Å²) in [6.07, 6.45) is 7.70. The minimum absolute atomic E-state index is 0.0618. The van der Waals surface area contributed by atoms with Gasteiger partial charge in [0.1, 0.15) is 0 Å². The highest BCUT2D eigenvalue weighted by atomic mass is 16.3. The van der Waals surface area contributed by atoms with Crippen LogP contribution in [0.3, 0.4) is 0 Å². The third-order valence-corrected chi connectivity index (χ3v) is 3.89. The molecule has 0 saturated carbocycles. The lowest BCUT2D eigenvalue weighted by molar-refractivity contribution is 0.0738. The molecule has 0 amide bonds. The Bertz CT molecular complexity index is 344. The number of nitrogens with one attached hydrogen (secondary N) is 1. The summed E-state index contributed by atoms with van der Waals surface area (Å²) in [7, 11) is 0. The average Bonchev–Trinajstić information content (AvgIpc) is 2.90. The standard InChI is InChI=1S/C12H16N2O/c15-11(9-2-1-7-13-8-9)12-5-3-10(14-12)4-6-12/h1-2,7-8,10-11,14-15H,3-6H2/t10?,11-,12?/m1/s1. The fraction of sp³-hybridized carbons (Fsp3) is 0.583. The first-order chi connectivity index (χ1) is 7.30. The van der Waals surface area contributed by atoms with Gasteiger partial charge < -0.3 is 10.4 Å². The molecule has 3 heteroatoms. The van der Waals surface area contributed by atoms with Gasteiger partial charge in [-0.25, -0.2) is 0 Å². The van der Waals surface area contributed by atoms with Crippen molar-refractivity contribution < 1.29 is 5.11 Å². The molecular weight excluding hydrogens is 188 g/mol. The van der Waals surface area contributed by atoms with Gasteiger partial charge in [-0.15, -0.1) is 0 Å². The molecule has 0 unspecified atom stereocenters. The lowest BCUT2D eigenvalue weighted by Gasteiger charge is -2.31. The molecule has 2 saturated heterocycles. The number of aromatic nitrogens is 1. The van der Waals surface area contributed by atoms with E-state index in [1.54, 1.807) is 12.4 Å². The summed E-state index contributed by atoms with van der Waals surface area (Å²) in [5.74, 6) is 0. The number of hydrogen-bond donors (Lipinski definition) is 2. The fourth-order valence-electron chi connectivity index (χ4n) is 3.04. The van der Waals surface area contributed by atoms with E-state index in [0.29, 0.717) is 6.04 Å². The molecule has 1 atom stereocenters. The van der Waals surface area contributed by atoms with Gasteiger partial charge in [0.15, 0.2) is 0 Å². The van der Waals surface area contributed by atoms with E-state index in [-0.39, 0.29) is 5.54 Å². The van der Waals surface area contributed by atoms with E-state index in [1.807, 2.05) is 12.1 Å². The molecule has 3 nitrogen and oxygen atoms in total. The van der Waals surface area contributed by atoms with Crippen LogP contribution >= 0.6 is 0 Å². The topological polar surface area (TPSA) is 45.2 Å². The largest absolute Gasteiger partial charge is 0.386 e. The number of fused-ring (bicyclic) bond motifs is 2. The first-order valence-corrected chi connectivity index (χ1v) is 5.66. The van der Waals surface area contributed by atoms with Crippen molar-refractivity contribution in [1.29, 1.82) is 0 Å². The molecule has 0 aromatic carbocycles. The van der Waals surface area contributed by atoms with E-state index in [0.717, 1.165) is 18.4 Å². The zero-order valence-electron chi connectivity index (χ0n) is 8.69. The zero-order valence-corrected chi connectivity index (χ0v) is 8.69. The molecule has 2 aliphatic heterocycles. The summed E-state index contributed by atoms with van der Waals surface area (Å²) in [5, 5.41) is 14.0. The molecule has 0 aliphatic carbocycles. The van der Waals surface area contributed by atoms with Gasteiger partial charge >= 0.3 is 0 Å². The molecule has 3 heterocycles. The Labute approximate surface area is 89.5 Å². The normalized spacial score (nSPS) is 35.7. The van der Waals surface area contributed by atoms with E-state index in [2.05, 4.69) is 10.3 Å². The Kier molecular flexibility index (Phi) is 2.04. The molecule has 2 fully saturated rings. The van der Waals surface area contributed by atoms with Gasteiger partial charge in [0.2, 0.25) is 0 Å². The van der Waals surface area contributed by atoms with Crippen LogP contribution in [0.25, 0.3) is 0 Å². The van der Waals surface area contributed by atoms with Gasteiger partial charge in [0, 0.05) is 29.5 Å². The van der Waals surface area contributed by atoms with E-state index >= 15 is 0 Å². The van der Waals surface area contributed by atoms with Crippen LogP contribution in [0.4, 0.5) is 0 Å². The van der Waals surface area contributed by atoms with Crippen LogP contribution in [0, 0.1) is 0 Å². The molecule has 80 valence electrons. The summed E-state index contributed by atoms with van der Waals surface area (Å²) in [5.41, 5.74) is 0.876. The number of pyridine rings is 1. The molecule has 1 aromatic heterocycles. The third kappa shape index (κ3) is 1.38. The Hall–Kier alpha value is -0.930. The van der Waals surface area contributed by atoms with Gasteiger partial charge in [-0.2, -0.15) is 0 Å². The van der Waals surface area contributed by atoms with Crippen molar-refractivity contribution in [2.75, 3.05) is 0 Å². The maximum Gasteiger partial charge on any atom is 0.0986 e. The lowest BCUT2D eigenvalue weighted by atomic mass is 9.81. The number of aliphatic hydroxyl groups excluding tert-OH is 1. The first-order valence-electron chi connectivity index (χ1n) is 5.66. The Morgan fingerprint density at radius 3 is 2.80 bits per heavy atom. The van der Waals surface area contributed by atoms with Crippen LogP contribution < -0.4 is 5.32 Å². The van der Waals surface area contributed by atoms with Crippen LogP contribution in [0.1, 0.15) is 37.4 Å². The molecular formula is C12H16N2O. The van der Waals surface area contributed by atoms with Gasteiger partial charge in [-0.3, -0.25) is 4.98 Å². The van der Waals surface area contributed by atoms with Crippen LogP contribution in [0.2, 0.25) is 0 Å². The number of hydrogen-bond acceptors (Lipinski definition) is 3. The van der Waals surface area contributed by atoms with Crippen LogP contribution in [0.15, 0.2) is 24.5 Å². The quantitative estimate of drug-likeness (QED) is 0.765. The van der Waals surface area contributed by atoms with Gasteiger partial charge in [0.25, 0.3) is 0 Å². The Balaban J connectivity index is 1.88. The molecule has 2 bridgehead atoms. The van der Waals surface area contributed by atoms with Crippen LogP contribution in [-0.2, 0) is 0 Å². The summed E-state index contributed by atoms with van der Waals surface area (Å²) in [6, 6.07) is 4.48. The molecule has 2 N–H and O–H groups in total. The van der Waals surface area contributed by atoms with Gasteiger partial charge in [0.05, 0.1) is 6.10 Å². The highest BCUT2D eigenvalue weighted by Crippen LogP contribution is 2.44. The Morgan fingerprint density at radius 2 is 2.27 bits per heavy atom. The molecule has 3 rings (SSSR count). The highest BCUT2D eigenvalue weighted by molar-refractivity contribution is 5.21. The van der Waals surface area contributed by atoms with Crippen LogP contribution in [0.5, 0.6) is 0 Å². The molecule has 15 heavy (non-hydrogen) atoms. The minimum Gasteiger partial charge on any atom is -0.386 e. The summed E-state index contributed by atoms with van der Waals surface area (Å²) < 4.78 is 0. The van der Waals surface area contributed by atoms with Crippen molar-refractivity contribution in [3.05, 3.63) is 30.1 Å². The van der Waals surface area contributed by atoms with Crippen molar-refractivity contribution in [1.82, 2.24) is 10.3 Å². The number of nitrogens with zero attached hydrogens (tertiary/aromatic N) is 1. The first kappa shape index (κ1) is 9.31. The lowest BCUT2D eigenvalue weighted by Crippen LogP contribution is -2.42. The predicted molar refractivity (Wildman–Crippen MR) is 57.3 cm³/mol. The van der Waals surface area contributed by atoms with Crippen LogP contribution in [-0.4, -0.2) is 21.7 Å². The Morgan fingerprint density at radius 1 is 1.47 bits per heavy atom. The van der Waals surface area contributed by atoms with E-state index in [9.17, 15) is 5.11 Å². The number of rotatable bonds is 2. The molecule has 0 spiro atoms. The smallest absolute Gasteiger partial charge is 0.0986 e. The van der Waals surface area contributed by atoms with Crippen molar-refractivity contribution in [2.24, 2.45) is 0 Å². The zero-order chi connectivity index (χ0) is 10.3.